The van der Waals surface area contributed by atoms with Crippen LogP contribution in [-0.4, -0.2) is 45.3 Å². The van der Waals surface area contributed by atoms with E-state index in [1.54, 1.807) is 72.3 Å². The van der Waals surface area contributed by atoms with E-state index in [2.05, 4.69) is 16.0 Å². The van der Waals surface area contributed by atoms with Crippen LogP contribution in [0.5, 0.6) is 0 Å². The molecule has 0 bridgehead atoms. The van der Waals surface area contributed by atoms with Crippen molar-refractivity contribution in [2.75, 3.05) is 6.61 Å². The molecule has 186 valence electrons. The second kappa shape index (κ2) is 10.4. The average molecular weight is 517 g/mol. The van der Waals surface area contributed by atoms with Crippen LogP contribution in [0.3, 0.4) is 0 Å². The van der Waals surface area contributed by atoms with Crippen molar-refractivity contribution in [3.8, 4) is 6.07 Å². The molecule has 3 heterocycles. The number of ether oxygens (including phenoxy) is 3. The minimum atomic E-state index is -0.844. The van der Waals surface area contributed by atoms with E-state index in [0.717, 1.165) is 0 Å². The number of halogens is 1. The van der Waals surface area contributed by atoms with Crippen molar-refractivity contribution in [2.24, 2.45) is 0 Å². The highest BCUT2D eigenvalue weighted by molar-refractivity contribution is 6.34. The predicted octanol–water partition coefficient (Wildman–Crippen LogP) is 4.63. The maximum absolute atomic E-state index is 12.9. The number of nitrogens with zero attached hydrogens (tertiary/aromatic N) is 4. The number of nitriles is 1. The lowest BCUT2D eigenvalue weighted by Crippen LogP contribution is -2.25. The Balaban J connectivity index is 1.44. The van der Waals surface area contributed by atoms with E-state index in [0.29, 0.717) is 28.0 Å². The molecule has 1 fully saturated rings. The predicted molar refractivity (Wildman–Crippen MR) is 133 cm³/mol. The number of hydrogen-bond donors (Lipinski definition) is 0. The maximum atomic E-state index is 12.9. The minimum absolute atomic E-state index is 0.0529. The van der Waals surface area contributed by atoms with E-state index >= 15 is 0 Å². The molecule has 1 unspecified atom stereocenters. The lowest BCUT2D eigenvalue weighted by Gasteiger charge is -2.21. The summed E-state index contributed by atoms with van der Waals surface area (Å²) in [5.41, 5.74) is 1.44. The highest BCUT2D eigenvalue weighted by Crippen LogP contribution is 2.37. The van der Waals surface area contributed by atoms with Crippen LogP contribution in [0.15, 0.2) is 66.9 Å². The first-order chi connectivity index (χ1) is 17.9. The molecule has 0 spiro atoms. The molecule has 0 N–H and O–H groups in total. The SMILES string of the molecule is Cc1nc(Cl)c2c(C#N)cn(C3O[C@H](COC(=O)c4ccccc4)C[C@H]3OC(=O)c3ccccc3)c2n1. The number of hydrogen-bond acceptors (Lipinski definition) is 8. The van der Waals surface area contributed by atoms with Gasteiger partial charge in [0.15, 0.2) is 6.23 Å². The summed E-state index contributed by atoms with van der Waals surface area (Å²) < 4.78 is 19.2. The molecule has 2 aromatic heterocycles. The number of rotatable bonds is 6. The summed E-state index contributed by atoms with van der Waals surface area (Å²) in [5, 5.41) is 10.2. The Morgan fingerprint density at radius 1 is 1.08 bits per heavy atom. The topological polar surface area (TPSA) is 116 Å². The molecule has 1 aliphatic heterocycles. The van der Waals surface area contributed by atoms with E-state index in [4.69, 9.17) is 25.8 Å². The van der Waals surface area contributed by atoms with Crippen molar-refractivity contribution >= 4 is 34.6 Å². The van der Waals surface area contributed by atoms with Gasteiger partial charge in [-0.25, -0.2) is 19.6 Å². The van der Waals surface area contributed by atoms with E-state index in [1.165, 1.54) is 0 Å². The molecule has 0 amide bonds. The maximum Gasteiger partial charge on any atom is 0.338 e. The van der Waals surface area contributed by atoms with Gasteiger partial charge in [-0.05, 0) is 31.2 Å². The molecule has 37 heavy (non-hydrogen) atoms. The van der Waals surface area contributed by atoms with Gasteiger partial charge in [-0.15, -0.1) is 0 Å². The van der Waals surface area contributed by atoms with Gasteiger partial charge in [0.1, 0.15) is 35.4 Å². The molecule has 2 aromatic carbocycles. The van der Waals surface area contributed by atoms with Crippen LogP contribution < -0.4 is 0 Å². The van der Waals surface area contributed by atoms with Crippen LogP contribution in [-0.2, 0) is 14.2 Å². The number of carbonyl (C=O) groups is 2. The number of fused-ring (bicyclic) bond motifs is 1. The van der Waals surface area contributed by atoms with E-state index in [-0.39, 0.29) is 23.7 Å². The Morgan fingerprint density at radius 2 is 1.73 bits per heavy atom. The van der Waals surface area contributed by atoms with Crippen LogP contribution >= 0.6 is 11.6 Å². The normalized spacial score (nSPS) is 18.9. The Kier molecular flexibility index (Phi) is 6.86. The number of aromatic nitrogens is 3. The first-order valence-corrected chi connectivity index (χ1v) is 11.9. The highest BCUT2D eigenvalue weighted by Gasteiger charge is 2.41. The zero-order valence-corrected chi connectivity index (χ0v) is 20.5. The molecule has 1 saturated heterocycles. The standard InChI is InChI=1S/C27H21ClN4O5/c1-16-30-23(28)22-19(13-29)14-32(24(22)31-16)25-21(37-27(34)18-10-6-3-7-11-18)12-20(36-25)15-35-26(33)17-8-4-2-5-9-17/h2-11,14,20-21,25H,12,15H2,1H3/t20-,21+,25?/m0/s1. The fraction of sp³-hybridized carbons (Fsp3) is 0.222. The number of aryl methyl sites for hydroxylation is 1. The third kappa shape index (κ3) is 5.03. The van der Waals surface area contributed by atoms with Crippen LogP contribution in [0.25, 0.3) is 11.0 Å². The third-order valence-electron chi connectivity index (χ3n) is 5.96. The summed E-state index contributed by atoms with van der Waals surface area (Å²) in [6, 6.07) is 19.3. The largest absolute Gasteiger partial charge is 0.459 e. The number of esters is 2. The van der Waals surface area contributed by atoms with Gasteiger partial charge in [-0.2, -0.15) is 5.26 Å². The molecule has 10 heteroatoms. The second-order valence-electron chi connectivity index (χ2n) is 8.48. The summed E-state index contributed by atoms with van der Waals surface area (Å²) in [6.45, 7) is 1.63. The molecule has 1 aliphatic rings. The molecular formula is C27H21ClN4O5. The zero-order chi connectivity index (χ0) is 25.9. The molecule has 3 atom stereocenters. The van der Waals surface area contributed by atoms with Gasteiger partial charge >= 0.3 is 11.9 Å². The van der Waals surface area contributed by atoms with E-state index in [9.17, 15) is 14.9 Å². The van der Waals surface area contributed by atoms with Crippen LogP contribution in [0.4, 0.5) is 0 Å². The Bertz CT molecular complexity index is 1500. The Morgan fingerprint density at radius 3 is 2.38 bits per heavy atom. The van der Waals surface area contributed by atoms with Crippen molar-refractivity contribution in [3.63, 3.8) is 0 Å². The summed E-state index contributed by atoms with van der Waals surface area (Å²) >= 11 is 6.34. The van der Waals surface area contributed by atoms with Gasteiger partial charge in [-0.1, -0.05) is 48.0 Å². The third-order valence-corrected chi connectivity index (χ3v) is 6.23. The van der Waals surface area contributed by atoms with E-state index < -0.39 is 30.4 Å². The van der Waals surface area contributed by atoms with Crippen molar-refractivity contribution in [1.29, 1.82) is 5.26 Å². The number of benzene rings is 2. The first-order valence-electron chi connectivity index (χ1n) is 11.5. The highest BCUT2D eigenvalue weighted by atomic mass is 35.5. The Labute approximate surface area is 217 Å². The van der Waals surface area contributed by atoms with Gasteiger partial charge in [0.25, 0.3) is 0 Å². The number of carbonyl (C=O) groups excluding carboxylic acids is 2. The second-order valence-corrected chi connectivity index (χ2v) is 8.84. The Hall–Kier alpha value is -4.26. The van der Waals surface area contributed by atoms with Crippen LogP contribution in [0.2, 0.25) is 5.15 Å². The summed E-state index contributed by atoms with van der Waals surface area (Å²) in [5.74, 6) is -0.605. The molecule has 4 aromatic rings. The molecule has 5 rings (SSSR count). The van der Waals surface area contributed by atoms with Gasteiger partial charge < -0.3 is 18.8 Å². The van der Waals surface area contributed by atoms with Crippen molar-refractivity contribution in [1.82, 2.24) is 14.5 Å². The van der Waals surface area contributed by atoms with Crippen molar-refractivity contribution in [2.45, 2.75) is 31.8 Å². The molecule has 0 radical (unpaired) electrons. The smallest absolute Gasteiger partial charge is 0.338 e. The van der Waals surface area contributed by atoms with Gasteiger partial charge in [0.2, 0.25) is 0 Å². The fourth-order valence-corrected chi connectivity index (χ4v) is 4.58. The van der Waals surface area contributed by atoms with Crippen LogP contribution in [0, 0.1) is 18.3 Å². The molecule has 9 nitrogen and oxygen atoms in total. The quantitative estimate of drug-likeness (QED) is 0.269. The minimum Gasteiger partial charge on any atom is -0.459 e. The lowest BCUT2D eigenvalue weighted by atomic mass is 10.2. The van der Waals surface area contributed by atoms with Crippen molar-refractivity contribution < 1.29 is 23.8 Å². The monoisotopic (exact) mass is 516 g/mol. The molecule has 0 aliphatic carbocycles. The average Bonchev–Trinajstić information content (AvgIpc) is 3.49. The molecular weight excluding hydrogens is 496 g/mol. The van der Waals surface area contributed by atoms with Crippen LogP contribution in [0.1, 0.15) is 44.8 Å². The van der Waals surface area contributed by atoms with Crippen molar-refractivity contribution in [3.05, 3.63) is 94.5 Å². The molecule has 0 saturated carbocycles. The van der Waals surface area contributed by atoms with Gasteiger partial charge in [0, 0.05) is 12.6 Å². The summed E-state index contributed by atoms with van der Waals surface area (Å²) in [6.07, 6.45) is -0.373. The van der Waals surface area contributed by atoms with Gasteiger partial charge in [0.05, 0.1) is 28.2 Å². The van der Waals surface area contributed by atoms with E-state index in [1.807, 2.05) is 6.07 Å². The zero-order valence-electron chi connectivity index (χ0n) is 19.7. The summed E-state index contributed by atoms with van der Waals surface area (Å²) in [7, 11) is 0. The fourth-order valence-electron chi connectivity index (χ4n) is 4.27. The summed E-state index contributed by atoms with van der Waals surface area (Å²) in [4.78, 5) is 34.0. The van der Waals surface area contributed by atoms with Gasteiger partial charge in [-0.3, -0.25) is 0 Å². The lowest BCUT2D eigenvalue weighted by molar-refractivity contribution is -0.0592. The first kappa shape index (κ1) is 24.4.